The van der Waals surface area contributed by atoms with E-state index in [4.69, 9.17) is 10.5 Å². The molecule has 2 heteroatoms. The van der Waals surface area contributed by atoms with Gasteiger partial charge in [-0.05, 0) is 48.6 Å². The van der Waals surface area contributed by atoms with Crippen LogP contribution in [0.15, 0.2) is 24.3 Å². The van der Waals surface area contributed by atoms with E-state index in [2.05, 4.69) is 24.3 Å². The first-order valence-corrected chi connectivity index (χ1v) is 6.75. The Morgan fingerprint density at radius 3 is 2.76 bits per heavy atom. The molecule has 0 saturated carbocycles. The van der Waals surface area contributed by atoms with E-state index in [-0.39, 0.29) is 0 Å². The van der Waals surface area contributed by atoms with Crippen LogP contribution in [0.1, 0.15) is 36.3 Å². The van der Waals surface area contributed by atoms with Crippen LogP contribution in [-0.2, 0) is 11.2 Å². The molecule has 2 nitrogen and oxygen atoms in total. The van der Waals surface area contributed by atoms with E-state index in [0.717, 1.165) is 32.5 Å². The van der Waals surface area contributed by atoms with Gasteiger partial charge in [-0.2, -0.15) is 0 Å². The average molecular weight is 231 g/mol. The van der Waals surface area contributed by atoms with Crippen LogP contribution in [0.2, 0.25) is 0 Å². The summed E-state index contributed by atoms with van der Waals surface area (Å²) in [4.78, 5) is 0. The molecule has 2 unspecified atom stereocenters. The Balaban J connectivity index is 1.58. The number of hydrogen-bond acceptors (Lipinski definition) is 2. The van der Waals surface area contributed by atoms with Crippen LogP contribution in [0, 0.1) is 5.92 Å². The highest BCUT2D eigenvalue weighted by Gasteiger charge is 2.30. The molecular weight excluding hydrogens is 210 g/mol. The number of benzene rings is 1. The predicted molar refractivity (Wildman–Crippen MR) is 69.0 cm³/mol. The zero-order chi connectivity index (χ0) is 11.7. The first-order chi connectivity index (χ1) is 8.34. The lowest BCUT2D eigenvalue weighted by Crippen LogP contribution is -2.37. The summed E-state index contributed by atoms with van der Waals surface area (Å²) in [7, 11) is 0. The molecule has 0 amide bonds. The Morgan fingerprint density at radius 1 is 1.24 bits per heavy atom. The summed E-state index contributed by atoms with van der Waals surface area (Å²) >= 11 is 0. The molecule has 1 aromatic carbocycles. The fourth-order valence-electron chi connectivity index (χ4n) is 3.24. The van der Waals surface area contributed by atoms with Crippen molar-refractivity contribution in [2.75, 3.05) is 13.2 Å². The molecule has 2 aliphatic rings. The Labute approximate surface area is 103 Å². The molecule has 1 aromatic rings. The van der Waals surface area contributed by atoms with E-state index < -0.39 is 0 Å². The molecule has 1 saturated heterocycles. The minimum atomic E-state index is 0.359. The third kappa shape index (κ3) is 2.24. The molecular formula is C15H21NO. The van der Waals surface area contributed by atoms with E-state index in [1.165, 1.54) is 17.5 Å². The summed E-state index contributed by atoms with van der Waals surface area (Å²) in [5.74, 6) is 1.39. The Morgan fingerprint density at radius 2 is 2.00 bits per heavy atom. The standard InChI is InChI=1S/C15H21NO/c16-15(11-5-7-17-8-6-11)10-13-9-12-3-1-2-4-14(12)13/h1-4,11,13,15H,5-10,16H2. The number of fused-ring (bicyclic) bond motifs is 1. The largest absolute Gasteiger partial charge is 0.381 e. The zero-order valence-corrected chi connectivity index (χ0v) is 10.3. The average Bonchev–Trinajstić information content (AvgIpc) is 2.37. The topological polar surface area (TPSA) is 35.2 Å². The van der Waals surface area contributed by atoms with Crippen LogP contribution >= 0.6 is 0 Å². The van der Waals surface area contributed by atoms with Crippen molar-refractivity contribution in [3.8, 4) is 0 Å². The quantitative estimate of drug-likeness (QED) is 0.867. The van der Waals surface area contributed by atoms with E-state index in [9.17, 15) is 0 Å². The number of ether oxygens (including phenoxy) is 1. The summed E-state index contributed by atoms with van der Waals surface area (Å²) in [6, 6.07) is 9.14. The van der Waals surface area contributed by atoms with Gasteiger partial charge in [0.1, 0.15) is 0 Å². The molecule has 2 N–H and O–H groups in total. The fourth-order valence-corrected chi connectivity index (χ4v) is 3.24. The van der Waals surface area contributed by atoms with E-state index in [1.807, 2.05) is 0 Å². The van der Waals surface area contributed by atoms with Crippen molar-refractivity contribution in [3.05, 3.63) is 35.4 Å². The van der Waals surface area contributed by atoms with Gasteiger partial charge < -0.3 is 10.5 Å². The van der Waals surface area contributed by atoms with Gasteiger partial charge in [0.15, 0.2) is 0 Å². The summed E-state index contributed by atoms with van der Waals surface area (Å²) in [5.41, 5.74) is 9.42. The SMILES string of the molecule is NC(CC1Cc2ccccc21)C1CCOCC1. The fraction of sp³-hybridized carbons (Fsp3) is 0.600. The minimum absolute atomic E-state index is 0.359. The van der Waals surface area contributed by atoms with Gasteiger partial charge in [-0.1, -0.05) is 24.3 Å². The maximum atomic E-state index is 6.36. The predicted octanol–water partition coefficient (Wildman–Crippen LogP) is 2.47. The van der Waals surface area contributed by atoms with Crippen molar-refractivity contribution in [2.24, 2.45) is 11.7 Å². The molecule has 1 fully saturated rings. The molecule has 1 heterocycles. The lowest BCUT2D eigenvalue weighted by molar-refractivity contribution is 0.0564. The summed E-state index contributed by atoms with van der Waals surface area (Å²) in [6.45, 7) is 1.80. The second-order valence-electron chi connectivity index (χ2n) is 5.45. The molecule has 0 spiro atoms. The molecule has 0 radical (unpaired) electrons. The van der Waals surface area contributed by atoms with Crippen molar-refractivity contribution in [1.29, 1.82) is 0 Å². The van der Waals surface area contributed by atoms with Gasteiger partial charge in [-0.15, -0.1) is 0 Å². The van der Waals surface area contributed by atoms with Crippen molar-refractivity contribution in [2.45, 2.75) is 37.6 Å². The van der Waals surface area contributed by atoms with Crippen molar-refractivity contribution in [1.82, 2.24) is 0 Å². The third-order valence-corrected chi connectivity index (χ3v) is 4.39. The molecule has 92 valence electrons. The molecule has 0 bridgehead atoms. The van der Waals surface area contributed by atoms with E-state index in [1.54, 1.807) is 0 Å². The smallest absolute Gasteiger partial charge is 0.0469 e. The summed E-state index contributed by atoms with van der Waals surface area (Å²) < 4.78 is 5.40. The van der Waals surface area contributed by atoms with Crippen LogP contribution < -0.4 is 5.73 Å². The van der Waals surface area contributed by atoms with Crippen molar-refractivity contribution < 1.29 is 4.74 Å². The van der Waals surface area contributed by atoms with Crippen LogP contribution in [0.5, 0.6) is 0 Å². The highest BCUT2D eigenvalue weighted by atomic mass is 16.5. The molecule has 3 rings (SSSR count). The Kier molecular flexibility index (Phi) is 3.17. The lowest BCUT2D eigenvalue weighted by Gasteiger charge is -2.35. The van der Waals surface area contributed by atoms with Gasteiger partial charge in [-0.3, -0.25) is 0 Å². The number of nitrogens with two attached hydrogens (primary N) is 1. The monoisotopic (exact) mass is 231 g/mol. The molecule has 1 aliphatic carbocycles. The van der Waals surface area contributed by atoms with Crippen LogP contribution in [0.4, 0.5) is 0 Å². The second kappa shape index (κ2) is 4.79. The molecule has 2 atom stereocenters. The van der Waals surface area contributed by atoms with Crippen molar-refractivity contribution >= 4 is 0 Å². The molecule has 1 aliphatic heterocycles. The second-order valence-corrected chi connectivity index (χ2v) is 5.45. The lowest BCUT2D eigenvalue weighted by atomic mass is 9.72. The summed E-state index contributed by atoms with van der Waals surface area (Å²) in [5, 5.41) is 0. The summed E-state index contributed by atoms with van der Waals surface area (Å²) in [6.07, 6.45) is 4.68. The molecule has 0 aromatic heterocycles. The maximum absolute atomic E-state index is 6.36. The van der Waals surface area contributed by atoms with Gasteiger partial charge in [-0.25, -0.2) is 0 Å². The maximum Gasteiger partial charge on any atom is 0.0469 e. The van der Waals surface area contributed by atoms with Gasteiger partial charge >= 0.3 is 0 Å². The Bertz CT molecular complexity index is 384. The highest BCUT2D eigenvalue weighted by Crippen LogP contribution is 2.39. The van der Waals surface area contributed by atoms with E-state index in [0.29, 0.717) is 17.9 Å². The third-order valence-electron chi connectivity index (χ3n) is 4.39. The van der Waals surface area contributed by atoms with Gasteiger partial charge in [0, 0.05) is 19.3 Å². The van der Waals surface area contributed by atoms with Gasteiger partial charge in [0.2, 0.25) is 0 Å². The minimum Gasteiger partial charge on any atom is -0.381 e. The van der Waals surface area contributed by atoms with Gasteiger partial charge in [0.25, 0.3) is 0 Å². The Hall–Kier alpha value is -0.860. The van der Waals surface area contributed by atoms with E-state index >= 15 is 0 Å². The van der Waals surface area contributed by atoms with Crippen molar-refractivity contribution in [3.63, 3.8) is 0 Å². The van der Waals surface area contributed by atoms with Gasteiger partial charge in [0.05, 0.1) is 0 Å². The highest BCUT2D eigenvalue weighted by molar-refractivity contribution is 5.39. The number of hydrogen-bond donors (Lipinski definition) is 1. The van der Waals surface area contributed by atoms with Crippen LogP contribution in [-0.4, -0.2) is 19.3 Å². The first kappa shape index (κ1) is 11.2. The van der Waals surface area contributed by atoms with Crippen LogP contribution in [0.3, 0.4) is 0 Å². The first-order valence-electron chi connectivity index (χ1n) is 6.75. The normalized spacial score (nSPS) is 26.1. The number of rotatable bonds is 3. The zero-order valence-electron chi connectivity index (χ0n) is 10.3. The molecule has 17 heavy (non-hydrogen) atoms. The van der Waals surface area contributed by atoms with Crippen LogP contribution in [0.25, 0.3) is 0 Å².